The monoisotopic (exact) mass is 433 g/mol. The van der Waals surface area contributed by atoms with Gasteiger partial charge < -0.3 is 14.4 Å². The molecule has 32 heavy (non-hydrogen) atoms. The van der Waals surface area contributed by atoms with Crippen LogP contribution in [0.25, 0.3) is 5.69 Å². The predicted octanol–water partition coefficient (Wildman–Crippen LogP) is 3.49. The summed E-state index contributed by atoms with van der Waals surface area (Å²) in [7, 11) is 1.61. The molecule has 0 aliphatic carbocycles. The summed E-state index contributed by atoms with van der Waals surface area (Å²) in [6.45, 7) is 4.97. The number of rotatable bonds is 6. The molecule has 7 heteroatoms. The van der Waals surface area contributed by atoms with E-state index in [1.807, 2.05) is 60.1 Å². The molecule has 0 saturated carbocycles. The lowest BCUT2D eigenvalue weighted by atomic mass is 10.0. The largest absolute Gasteiger partial charge is 0.497 e. The molecule has 2 heterocycles. The van der Waals surface area contributed by atoms with E-state index in [0.29, 0.717) is 25.9 Å². The summed E-state index contributed by atoms with van der Waals surface area (Å²) in [5.74, 6) is 0.309. The van der Waals surface area contributed by atoms with Gasteiger partial charge in [0.2, 0.25) is 5.91 Å². The molecule has 1 aromatic heterocycles. The van der Waals surface area contributed by atoms with Crippen LogP contribution in [-0.4, -0.2) is 46.8 Å². The average molecular weight is 434 g/mol. The van der Waals surface area contributed by atoms with Crippen LogP contribution in [0, 0.1) is 6.92 Å². The highest BCUT2D eigenvalue weighted by Gasteiger charge is 2.31. The molecule has 166 valence electrons. The second-order valence-electron chi connectivity index (χ2n) is 7.83. The van der Waals surface area contributed by atoms with Gasteiger partial charge in [-0.3, -0.25) is 4.79 Å². The Balaban J connectivity index is 1.61. The van der Waals surface area contributed by atoms with E-state index in [-0.39, 0.29) is 18.2 Å². The highest BCUT2D eigenvalue weighted by Crippen LogP contribution is 2.27. The van der Waals surface area contributed by atoms with Gasteiger partial charge in [0, 0.05) is 25.1 Å². The third kappa shape index (κ3) is 4.37. The van der Waals surface area contributed by atoms with Crippen molar-refractivity contribution in [1.82, 2.24) is 14.7 Å². The van der Waals surface area contributed by atoms with Gasteiger partial charge in [0.15, 0.2) is 5.69 Å². The van der Waals surface area contributed by atoms with Crippen molar-refractivity contribution in [3.05, 3.63) is 76.6 Å². The first-order valence-electron chi connectivity index (χ1n) is 10.8. The number of aromatic nitrogens is 2. The van der Waals surface area contributed by atoms with Crippen molar-refractivity contribution in [3.63, 3.8) is 0 Å². The Hall–Kier alpha value is -3.61. The fraction of sp³-hybridized carbons (Fsp3) is 0.320. The van der Waals surface area contributed by atoms with Gasteiger partial charge in [0.1, 0.15) is 5.75 Å². The van der Waals surface area contributed by atoms with Crippen molar-refractivity contribution < 1.29 is 19.1 Å². The number of benzene rings is 2. The first-order valence-corrected chi connectivity index (χ1v) is 10.8. The minimum atomic E-state index is -0.459. The zero-order chi connectivity index (χ0) is 22.7. The Morgan fingerprint density at radius 2 is 1.78 bits per heavy atom. The lowest BCUT2D eigenvalue weighted by Crippen LogP contribution is -2.37. The third-order valence-corrected chi connectivity index (χ3v) is 5.67. The quantitative estimate of drug-likeness (QED) is 0.557. The molecule has 2 aromatic carbocycles. The van der Waals surface area contributed by atoms with Crippen LogP contribution >= 0.6 is 0 Å². The van der Waals surface area contributed by atoms with E-state index in [1.165, 1.54) is 0 Å². The van der Waals surface area contributed by atoms with Gasteiger partial charge in [-0.15, -0.1) is 0 Å². The molecule has 0 spiro atoms. The first-order chi connectivity index (χ1) is 15.5. The van der Waals surface area contributed by atoms with Crippen LogP contribution in [0.3, 0.4) is 0 Å². The molecular weight excluding hydrogens is 406 g/mol. The van der Waals surface area contributed by atoms with Crippen molar-refractivity contribution in [1.29, 1.82) is 0 Å². The fourth-order valence-corrected chi connectivity index (χ4v) is 3.92. The smallest absolute Gasteiger partial charge is 0.359 e. The Morgan fingerprint density at radius 1 is 1.06 bits per heavy atom. The number of hydrogen-bond acceptors (Lipinski definition) is 5. The topological polar surface area (TPSA) is 73.7 Å². The van der Waals surface area contributed by atoms with Crippen molar-refractivity contribution in [3.8, 4) is 11.4 Å². The van der Waals surface area contributed by atoms with Gasteiger partial charge >= 0.3 is 5.97 Å². The minimum Gasteiger partial charge on any atom is -0.497 e. The fourth-order valence-electron chi connectivity index (χ4n) is 3.92. The summed E-state index contributed by atoms with van der Waals surface area (Å²) in [6.07, 6.45) is 0.907. The Labute approximate surface area is 187 Å². The summed E-state index contributed by atoms with van der Waals surface area (Å²) in [4.78, 5) is 27.4. The van der Waals surface area contributed by atoms with Crippen LogP contribution in [0.2, 0.25) is 0 Å². The van der Waals surface area contributed by atoms with Crippen molar-refractivity contribution in [2.24, 2.45) is 0 Å². The summed E-state index contributed by atoms with van der Waals surface area (Å²) in [5.41, 5.74) is 4.95. The SMILES string of the molecule is CCOC(=O)c1nn(-c2ccc(C)cc2)c2c1CN(C(=O)Cc1ccc(OC)cc1)CC2. The maximum atomic E-state index is 13.0. The van der Waals surface area contributed by atoms with E-state index < -0.39 is 5.97 Å². The lowest BCUT2D eigenvalue weighted by Gasteiger charge is -2.28. The zero-order valence-corrected chi connectivity index (χ0v) is 18.6. The number of esters is 1. The van der Waals surface area contributed by atoms with E-state index in [0.717, 1.165) is 33.8 Å². The zero-order valence-electron chi connectivity index (χ0n) is 18.6. The van der Waals surface area contributed by atoms with E-state index in [9.17, 15) is 9.59 Å². The number of amides is 1. The van der Waals surface area contributed by atoms with Crippen LogP contribution < -0.4 is 4.74 Å². The number of nitrogens with zero attached hydrogens (tertiary/aromatic N) is 3. The first kappa shape index (κ1) is 21.6. The normalized spacial score (nSPS) is 12.9. The number of aryl methyl sites for hydroxylation is 1. The van der Waals surface area contributed by atoms with Crippen molar-refractivity contribution in [2.75, 3.05) is 20.3 Å². The second-order valence-corrected chi connectivity index (χ2v) is 7.83. The number of carbonyl (C=O) groups excluding carboxylic acids is 2. The molecule has 1 aliphatic rings. The minimum absolute atomic E-state index is 0.0127. The Morgan fingerprint density at radius 3 is 2.44 bits per heavy atom. The maximum Gasteiger partial charge on any atom is 0.359 e. The molecule has 0 N–H and O–H groups in total. The lowest BCUT2D eigenvalue weighted by molar-refractivity contribution is -0.131. The standard InChI is InChI=1S/C25H27N3O4/c1-4-32-25(30)24-21-16-27(23(29)15-18-7-11-20(31-3)12-8-18)14-13-22(21)28(26-24)19-9-5-17(2)6-10-19/h5-12H,4,13-16H2,1-3H3. The van der Waals surface area contributed by atoms with Crippen molar-refractivity contribution >= 4 is 11.9 Å². The molecule has 0 bridgehead atoms. The maximum absolute atomic E-state index is 13.0. The summed E-state index contributed by atoms with van der Waals surface area (Å²) >= 11 is 0. The summed E-state index contributed by atoms with van der Waals surface area (Å²) < 4.78 is 12.2. The number of hydrogen-bond donors (Lipinski definition) is 0. The van der Waals surface area contributed by atoms with Gasteiger partial charge in [0.05, 0.1) is 31.5 Å². The molecule has 0 saturated heterocycles. The van der Waals surface area contributed by atoms with Gasteiger partial charge in [-0.1, -0.05) is 29.8 Å². The molecule has 7 nitrogen and oxygen atoms in total. The molecular formula is C25H27N3O4. The third-order valence-electron chi connectivity index (χ3n) is 5.67. The van der Waals surface area contributed by atoms with Gasteiger partial charge in [-0.2, -0.15) is 5.10 Å². The predicted molar refractivity (Wildman–Crippen MR) is 120 cm³/mol. The molecule has 1 amide bonds. The Kier molecular flexibility index (Phi) is 6.25. The van der Waals surface area contributed by atoms with Crippen LogP contribution in [0.15, 0.2) is 48.5 Å². The van der Waals surface area contributed by atoms with Gasteiger partial charge in [-0.25, -0.2) is 9.48 Å². The molecule has 0 radical (unpaired) electrons. The second kappa shape index (κ2) is 9.26. The van der Waals surface area contributed by atoms with Crippen LogP contribution in [0.1, 0.15) is 39.8 Å². The highest BCUT2D eigenvalue weighted by atomic mass is 16.5. The van der Waals surface area contributed by atoms with E-state index >= 15 is 0 Å². The van der Waals surface area contributed by atoms with E-state index in [2.05, 4.69) is 5.10 Å². The van der Waals surface area contributed by atoms with Gasteiger partial charge in [-0.05, 0) is 43.7 Å². The molecule has 3 aromatic rings. The van der Waals surface area contributed by atoms with E-state index in [1.54, 1.807) is 18.9 Å². The molecule has 0 atom stereocenters. The van der Waals surface area contributed by atoms with Crippen LogP contribution in [0.4, 0.5) is 0 Å². The highest BCUT2D eigenvalue weighted by molar-refractivity contribution is 5.90. The number of carbonyl (C=O) groups is 2. The number of methoxy groups -OCH3 is 1. The van der Waals surface area contributed by atoms with Crippen molar-refractivity contribution in [2.45, 2.75) is 33.2 Å². The average Bonchev–Trinajstić information content (AvgIpc) is 3.19. The molecule has 4 rings (SSSR count). The van der Waals surface area contributed by atoms with Gasteiger partial charge in [0.25, 0.3) is 0 Å². The van der Waals surface area contributed by atoms with Crippen LogP contribution in [-0.2, 0) is 28.9 Å². The van der Waals surface area contributed by atoms with Crippen LogP contribution in [0.5, 0.6) is 5.75 Å². The molecule has 0 unspecified atom stereocenters. The molecule has 1 aliphatic heterocycles. The summed E-state index contributed by atoms with van der Waals surface area (Å²) in [5, 5.41) is 4.60. The summed E-state index contributed by atoms with van der Waals surface area (Å²) in [6, 6.07) is 15.5. The Bertz CT molecular complexity index is 1120. The number of ether oxygens (including phenoxy) is 2. The molecule has 0 fully saturated rings. The number of fused-ring (bicyclic) bond motifs is 1. The van der Waals surface area contributed by atoms with E-state index in [4.69, 9.17) is 9.47 Å².